The van der Waals surface area contributed by atoms with Crippen LogP contribution in [0.15, 0.2) is 27.8 Å². The van der Waals surface area contributed by atoms with E-state index in [0.29, 0.717) is 10.0 Å². The molecule has 1 amide bonds. The van der Waals surface area contributed by atoms with Crippen molar-refractivity contribution in [3.05, 3.63) is 34.1 Å². The highest BCUT2D eigenvalue weighted by molar-refractivity contribution is 9.10. The van der Waals surface area contributed by atoms with Gasteiger partial charge in [-0.15, -0.1) is 0 Å². The topological polar surface area (TPSA) is 50.7 Å². The maximum absolute atomic E-state index is 12.8. The number of rotatable bonds is 2. The van der Waals surface area contributed by atoms with Crippen LogP contribution in [-0.2, 0) is 4.74 Å². The van der Waals surface area contributed by atoms with Crippen molar-refractivity contribution in [3.63, 3.8) is 0 Å². The summed E-state index contributed by atoms with van der Waals surface area (Å²) < 4.78 is 17.5. The summed E-state index contributed by atoms with van der Waals surface area (Å²) in [4.78, 5) is 10.6. The van der Waals surface area contributed by atoms with Gasteiger partial charge in [0, 0.05) is 0 Å². The van der Waals surface area contributed by atoms with Crippen LogP contribution >= 0.6 is 15.9 Å². The number of ether oxygens (including phenoxy) is 1. The molecule has 0 radical (unpaired) electrons. The van der Waals surface area contributed by atoms with E-state index in [1.807, 2.05) is 0 Å². The summed E-state index contributed by atoms with van der Waals surface area (Å²) in [6.07, 6.45) is 0.716. The zero-order valence-corrected chi connectivity index (χ0v) is 9.42. The highest BCUT2D eigenvalue weighted by Gasteiger charge is 1.98. The van der Waals surface area contributed by atoms with Crippen LogP contribution in [0, 0.1) is 5.82 Å². The molecule has 0 aliphatic carbocycles. The molecule has 1 aromatic rings. The molecule has 0 aliphatic heterocycles. The minimum absolute atomic E-state index is 0.338. The van der Waals surface area contributed by atoms with Gasteiger partial charge in [-0.3, -0.25) is 0 Å². The standard InChI is InChI=1S/C9H8BrFN2O2/c1-15-9(14)13-12-5-6-2-3-8(11)7(10)4-6/h2-5H,1H3,(H,13,14)/b12-5+. The van der Waals surface area contributed by atoms with Gasteiger partial charge in [-0.05, 0) is 33.6 Å². The van der Waals surface area contributed by atoms with Crippen molar-refractivity contribution in [2.45, 2.75) is 0 Å². The normalized spacial score (nSPS) is 10.3. The number of methoxy groups -OCH3 is 1. The molecule has 0 unspecified atom stereocenters. The lowest BCUT2D eigenvalue weighted by Gasteiger charge is -1.97. The lowest BCUT2D eigenvalue weighted by molar-refractivity contribution is 0.171. The number of carbonyl (C=O) groups excluding carboxylic acids is 1. The van der Waals surface area contributed by atoms with Gasteiger partial charge in [0.25, 0.3) is 0 Å². The van der Waals surface area contributed by atoms with Crippen molar-refractivity contribution in [3.8, 4) is 0 Å². The van der Waals surface area contributed by atoms with E-state index in [1.165, 1.54) is 31.5 Å². The quantitative estimate of drug-likeness (QED) is 0.665. The molecule has 80 valence electrons. The minimum Gasteiger partial charge on any atom is -0.452 e. The predicted octanol–water partition coefficient (Wildman–Crippen LogP) is 2.28. The maximum atomic E-state index is 12.8. The number of hydrogen-bond acceptors (Lipinski definition) is 3. The van der Waals surface area contributed by atoms with Crippen molar-refractivity contribution < 1.29 is 13.9 Å². The smallest absolute Gasteiger partial charge is 0.427 e. The summed E-state index contributed by atoms with van der Waals surface area (Å²) in [7, 11) is 1.24. The molecule has 0 saturated heterocycles. The lowest BCUT2D eigenvalue weighted by Crippen LogP contribution is -2.16. The Morgan fingerprint density at radius 1 is 1.67 bits per heavy atom. The number of benzene rings is 1. The molecule has 1 aromatic carbocycles. The second-order valence-corrected chi connectivity index (χ2v) is 3.39. The fourth-order valence-electron chi connectivity index (χ4n) is 0.798. The third kappa shape index (κ3) is 3.67. The molecule has 4 nitrogen and oxygen atoms in total. The predicted molar refractivity (Wildman–Crippen MR) is 57.2 cm³/mol. The molecule has 0 spiro atoms. The molecular formula is C9H8BrFN2O2. The monoisotopic (exact) mass is 274 g/mol. The summed E-state index contributed by atoms with van der Waals surface area (Å²) in [6.45, 7) is 0. The summed E-state index contributed by atoms with van der Waals surface area (Å²) in [5.41, 5.74) is 2.77. The minimum atomic E-state index is -0.660. The zero-order chi connectivity index (χ0) is 11.3. The molecule has 0 fully saturated rings. The molecule has 6 heteroatoms. The maximum Gasteiger partial charge on any atom is 0.427 e. The second kappa shape index (κ2) is 5.45. The molecule has 0 aromatic heterocycles. The van der Waals surface area contributed by atoms with Gasteiger partial charge in [0.2, 0.25) is 0 Å². The first-order valence-corrected chi connectivity index (χ1v) is 4.75. The largest absolute Gasteiger partial charge is 0.452 e. The van der Waals surface area contributed by atoms with Crippen LogP contribution in [0.1, 0.15) is 5.56 Å². The van der Waals surface area contributed by atoms with E-state index in [-0.39, 0.29) is 5.82 Å². The van der Waals surface area contributed by atoms with Crippen LogP contribution in [0.4, 0.5) is 9.18 Å². The van der Waals surface area contributed by atoms with Crippen molar-refractivity contribution >= 4 is 28.2 Å². The number of carbonyl (C=O) groups is 1. The van der Waals surface area contributed by atoms with Crippen molar-refractivity contribution in [1.82, 2.24) is 5.43 Å². The average molecular weight is 275 g/mol. The number of hydrogen-bond donors (Lipinski definition) is 1. The Kier molecular flexibility index (Phi) is 4.23. The van der Waals surface area contributed by atoms with E-state index >= 15 is 0 Å². The summed E-state index contributed by atoms with van der Waals surface area (Å²) in [5.74, 6) is -0.354. The second-order valence-electron chi connectivity index (χ2n) is 2.54. The van der Waals surface area contributed by atoms with Gasteiger partial charge >= 0.3 is 6.09 Å². The summed E-state index contributed by atoms with van der Waals surface area (Å²) >= 11 is 3.03. The van der Waals surface area contributed by atoms with Gasteiger partial charge in [-0.25, -0.2) is 14.6 Å². The number of nitrogens with zero attached hydrogens (tertiary/aromatic N) is 1. The van der Waals surface area contributed by atoms with Crippen LogP contribution in [0.3, 0.4) is 0 Å². The van der Waals surface area contributed by atoms with Gasteiger partial charge in [-0.2, -0.15) is 5.10 Å². The average Bonchev–Trinajstić information content (AvgIpc) is 2.23. The fourth-order valence-corrected chi connectivity index (χ4v) is 1.19. The van der Waals surface area contributed by atoms with Gasteiger partial charge in [0.15, 0.2) is 0 Å². The van der Waals surface area contributed by atoms with E-state index in [9.17, 15) is 9.18 Å². The first-order valence-electron chi connectivity index (χ1n) is 3.95. The van der Waals surface area contributed by atoms with E-state index < -0.39 is 6.09 Å². The van der Waals surface area contributed by atoms with E-state index in [2.05, 4.69) is 31.2 Å². The SMILES string of the molecule is COC(=O)N/N=C/c1ccc(F)c(Br)c1. The third-order valence-corrected chi connectivity index (χ3v) is 2.11. The lowest BCUT2D eigenvalue weighted by atomic mass is 10.2. The molecule has 0 aliphatic rings. The van der Waals surface area contributed by atoms with Crippen LogP contribution in [-0.4, -0.2) is 19.4 Å². The van der Waals surface area contributed by atoms with Crippen LogP contribution < -0.4 is 5.43 Å². The molecule has 0 saturated carbocycles. The number of halogens is 2. The fraction of sp³-hybridized carbons (Fsp3) is 0.111. The molecule has 1 N–H and O–H groups in total. The molecular weight excluding hydrogens is 267 g/mol. The van der Waals surface area contributed by atoms with Crippen LogP contribution in [0.5, 0.6) is 0 Å². The third-order valence-electron chi connectivity index (χ3n) is 1.50. The van der Waals surface area contributed by atoms with Crippen molar-refractivity contribution in [2.24, 2.45) is 5.10 Å². The van der Waals surface area contributed by atoms with E-state index in [0.717, 1.165) is 0 Å². The van der Waals surface area contributed by atoms with E-state index in [1.54, 1.807) is 0 Å². The first kappa shape index (κ1) is 11.6. The van der Waals surface area contributed by atoms with Crippen LogP contribution in [0.2, 0.25) is 0 Å². The summed E-state index contributed by atoms with van der Waals surface area (Å²) in [5, 5.41) is 3.59. The Hall–Kier alpha value is -1.43. The zero-order valence-electron chi connectivity index (χ0n) is 7.83. The van der Waals surface area contributed by atoms with Crippen molar-refractivity contribution in [1.29, 1.82) is 0 Å². The first-order chi connectivity index (χ1) is 7.13. The highest BCUT2D eigenvalue weighted by Crippen LogP contribution is 2.15. The molecule has 1 rings (SSSR count). The highest BCUT2D eigenvalue weighted by atomic mass is 79.9. The number of hydrazone groups is 1. The molecule has 0 atom stereocenters. The van der Waals surface area contributed by atoms with Crippen LogP contribution in [0.25, 0.3) is 0 Å². The van der Waals surface area contributed by atoms with Crippen molar-refractivity contribution in [2.75, 3.05) is 7.11 Å². The van der Waals surface area contributed by atoms with Gasteiger partial charge in [0.05, 0.1) is 17.8 Å². The van der Waals surface area contributed by atoms with E-state index in [4.69, 9.17) is 0 Å². The Morgan fingerprint density at radius 3 is 3.00 bits per heavy atom. The number of nitrogens with one attached hydrogen (secondary N) is 1. The van der Waals surface area contributed by atoms with Gasteiger partial charge in [-0.1, -0.05) is 6.07 Å². The molecule has 15 heavy (non-hydrogen) atoms. The Morgan fingerprint density at radius 2 is 2.40 bits per heavy atom. The Balaban J connectivity index is 2.65. The Bertz CT molecular complexity index is 396. The Labute approximate surface area is 94.2 Å². The van der Waals surface area contributed by atoms with Gasteiger partial charge < -0.3 is 4.74 Å². The number of amides is 1. The molecule has 0 bridgehead atoms. The summed E-state index contributed by atoms with van der Waals surface area (Å²) in [6, 6.07) is 4.37. The molecule has 0 heterocycles. The van der Waals surface area contributed by atoms with Gasteiger partial charge in [0.1, 0.15) is 5.82 Å².